The van der Waals surface area contributed by atoms with Crippen LogP contribution in [0.4, 0.5) is 5.13 Å². The Morgan fingerprint density at radius 3 is 2.90 bits per heavy atom. The van der Waals surface area contributed by atoms with E-state index in [0.717, 1.165) is 34.4 Å². The number of fused-ring (bicyclic) bond motifs is 1. The van der Waals surface area contributed by atoms with Gasteiger partial charge < -0.3 is 5.32 Å². The van der Waals surface area contributed by atoms with E-state index < -0.39 is 0 Å². The molecule has 1 aliphatic carbocycles. The maximum Gasteiger partial charge on any atom is 0.205 e. The lowest BCUT2D eigenvalue weighted by atomic mass is 10.1. The highest BCUT2D eigenvalue weighted by molar-refractivity contribution is 7.15. The third-order valence-electron chi connectivity index (χ3n) is 3.48. The molecule has 0 spiro atoms. The molecule has 1 aromatic heterocycles. The first-order valence-corrected chi connectivity index (χ1v) is 8.16. The van der Waals surface area contributed by atoms with Crippen LogP contribution in [0, 0.1) is 5.92 Å². The first-order chi connectivity index (χ1) is 9.60. The molecule has 1 aromatic carbocycles. The van der Waals surface area contributed by atoms with E-state index in [1.165, 1.54) is 11.1 Å². The highest BCUT2D eigenvalue weighted by atomic mass is 35.5. The van der Waals surface area contributed by atoms with E-state index in [1.54, 1.807) is 11.3 Å². The fourth-order valence-corrected chi connectivity index (χ4v) is 3.83. The van der Waals surface area contributed by atoms with Crippen LogP contribution in [0.3, 0.4) is 0 Å². The molecule has 20 heavy (non-hydrogen) atoms. The van der Waals surface area contributed by atoms with Gasteiger partial charge in [0.1, 0.15) is 5.01 Å². The van der Waals surface area contributed by atoms with Crippen LogP contribution in [-0.4, -0.2) is 16.2 Å². The second-order valence-electron chi connectivity index (χ2n) is 5.76. The van der Waals surface area contributed by atoms with E-state index in [0.29, 0.717) is 12.0 Å². The molecule has 3 nitrogen and oxygen atoms in total. The normalized spacial score (nSPS) is 17.5. The predicted octanol–water partition coefficient (Wildman–Crippen LogP) is 3.97. The van der Waals surface area contributed by atoms with Gasteiger partial charge in [0.25, 0.3) is 0 Å². The smallest absolute Gasteiger partial charge is 0.205 e. The Morgan fingerprint density at radius 1 is 1.30 bits per heavy atom. The Morgan fingerprint density at radius 2 is 2.10 bits per heavy atom. The Balaban J connectivity index is 1.64. The average Bonchev–Trinajstić information content (AvgIpc) is 2.95. The second-order valence-corrected chi connectivity index (χ2v) is 7.26. The standard InChI is InChI=1S/C15H18ClN3S/c1-9(2)5-14-18-19-15(20-14)17-13-7-10-3-4-12(16)6-11(10)8-13/h3-4,6,9,13H,5,7-8H2,1-2H3,(H,17,19). The summed E-state index contributed by atoms with van der Waals surface area (Å²) in [5, 5.41) is 14.9. The third kappa shape index (κ3) is 3.13. The number of hydrogen-bond donors (Lipinski definition) is 1. The summed E-state index contributed by atoms with van der Waals surface area (Å²) in [7, 11) is 0. The van der Waals surface area contributed by atoms with Gasteiger partial charge in [-0.05, 0) is 42.0 Å². The van der Waals surface area contributed by atoms with E-state index in [1.807, 2.05) is 6.07 Å². The maximum absolute atomic E-state index is 6.04. The molecule has 1 unspecified atom stereocenters. The van der Waals surface area contributed by atoms with Crippen molar-refractivity contribution in [3.8, 4) is 0 Å². The molecule has 1 atom stereocenters. The summed E-state index contributed by atoms with van der Waals surface area (Å²) in [6.45, 7) is 4.40. The van der Waals surface area contributed by atoms with Crippen molar-refractivity contribution in [3.63, 3.8) is 0 Å². The molecule has 106 valence electrons. The van der Waals surface area contributed by atoms with Crippen molar-refractivity contribution >= 4 is 28.1 Å². The molecule has 0 bridgehead atoms. The molecule has 0 fully saturated rings. The van der Waals surface area contributed by atoms with Gasteiger partial charge in [-0.3, -0.25) is 0 Å². The van der Waals surface area contributed by atoms with E-state index in [9.17, 15) is 0 Å². The zero-order valence-electron chi connectivity index (χ0n) is 11.7. The van der Waals surface area contributed by atoms with Gasteiger partial charge in [0.2, 0.25) is 5.13 Å². The molecule has 1 N–H and O–H groups in total. The lowest BCUT2D eigenvalue weighted by Gasteiger charge is -2.09. The van der Waals surface area contributed by atoms with Crippen LogP contribution in [0.15, 0.2) is 18.2 Å². The topological polar surface area (TPSA) is 37.8 Å². The van der Waals surface area contributed by atoms with Gasteiger partial charge in [0.05, 0.1) is 0 Å². The van der Waals surface area contributed by atoms with Crippen LogP contribution in [-0.2, 0) is 19.3 Å². The monoisotopic (exact) mass is 307 g/mol. The van der Waals surface area contributed by atoms with Gasteiger partial charge in [-0.25, -0.2) is 0 Å². The summed E-state index contributed by atoms with van der Waals surface area (Å²) < 4.78 is 0. The van der Waals surface area contributed by atoms with Gasteiger partial charge in [-0.2, -0.15) is 0 Å². The first-order valence-electron chi connectivity index (χ1n) is 6.96. The van der Waals surface area contributed by atoms with E-state index in [4.69, 9.17) is 11.6 Å². The van der Waals surface area contributed by atoms with Crippen LogP contribution in [0.1, 0.15) is 30.0 Å². The quantitative estimate of drug-likeness (QED) is 0.928. The largest absolute Gasteiger partial charge is 0.357 e. The van der Waals surface area contributed by atoms with Crippen molar-refractivity contribution in [3.05, 3.63) is 39.4 Å². The number of hydrogen-bond acceptors (Lipinski definition) is 4. The lowest BCUT2D eigenvalue weighted by Crippen LogP contribution is -2.19. The van der Waals surface area contributed by atoms with Gasteiger partial charge in [-0.1, -0.05) is 42.9 Å². The number of nitrogens with zero attached hydrogens (tertiary/aromatic N) is 2. The SMILES string of the molecule is CC(C)Cc1nnc(NC2Cc3ccc(Cl)cc3C2)s1. The van der Waals surface area contributed by atoms with E-state index >= 15 is 0 Å². The molecule has 5 heteroatoms. The molecule has 2 aromatic rings. The molecule has 1 heterocycles. The van der Waals surface area contributed by atoms with Crippen molar-refractivity contribution < 1.29 is 0 Å². The van der Waals surface area contributed by atoms with E-state index in [-0.39, 0.29) is 0 Å². The molecule has 0 saturated carbocycles. The van der Waals surface area contributed by atoms with Gasteiger partial charge >= 0.3 is 0 Å². The Kier molecular flexibility index (Phi) is 3.94. The number of anilines is 1. The summed E-state index contributed by atoms with van der Waals surface area (Å²) >= 11 is 7.71. The summed E-state index contributed by atoms with van der Waals surface area (Å²) in [5.41, 5.74) is 2.74. The molecular weight excluding hydrogens is 290 g/mol. The molecule has 0 saturated heterocycles. The van der Waals surface area contributed by atoms with Crippen molar-refractivity contribution in [2.45, 2.75) is 39.2 Å². The minimum atomic E-state index is 0.406. The summed E-state index contributed by atoms with van der Waals surface area (Å²) in [4.78, 5) is 0. The van der Waals surface area contributed by atoms with E-state index in [2.05, 4.69) is 41.5 Å². The Hall–Kier alpha value is -1.13. The van der Waals surface area contributed by atoms with Crippen molar-refractivity contribution in [1.82, 2.24) is 10.2 Å². The highest BCUT2D eigenvalue weighted by Gasteiger charge is 2.22. The van der Waals surface area contributed by atoms with Crippen LogP contribution in [0.2, 0.25) is 5.02 Å². The fourth-order valence-electron chi connectivity index (χ4n) is 2.61. The van der Waals surface area contributed by atoms with Crippen LogP contribution < -0.4 is 5.32 Å². The van der Waals surface area contributed by atoms with Crippen molar-refractivity contribution in [2.24, 2.45) is 5.92 Å². The number of nitrogens with one attached hydrogen (secondary N) is 1. The molecule has 0 amide bonds. The van der Waals surface area contributed by atoms with Crippen molar-refractivity contribution in [1.29, 1.82) is 0 Å². The van der Waals surface area contributed by atoms with Crippen LogP contribution in [0.25, 0.3) is 0 Å². The van der Waals surface area contributed by atoms with Crippen molar-refractivity contribution in [2.75, 3.05) is 5.32 Å². The zero-order valence-corrected chi connectivity index (χ0v) is 13.3. The highest BCUT2D eigenvalue weighted by Crippen LogP contribution is 2.28. The minimum absolute atomic E-state index is 0.406. The number of rotatable bonds is 4. The van der Waals surface area contributed by atoms with Gasteiger partial charge in [0.15, 0.2) is 0 Å². The Labute approximate surface area is 128 Å². The summed E-state index contributed by atoms with van der Waals surface area (Å²) in [5.74, 6) is 0.619. The van der Waals surface area contributed by atoms with Crippen LogP contribution in [0.5, 0.6) is 0 Å². The molecule has 0 radical (unpaired) electrons. The summed E-state index contributed by atoms with van der Waals surface area (Å²) in [6, 6.07) is 6.57. The average molecular weight is 308 g/mol. The molecule has 0 aliphatic heterocycles. The maximum atomic E-state index is 6.04. The zero-order chi connectivity index (χ0) is 14.1. The number of benzene rings is 1. The first kappa shape index (κ1) is 13.8. The predicted molar refractivity (Wildman–Crippen MR) is 84.7 cm³/mol. The fraction of sp³-hybridized carbons (Fsp3) is 0.467. The summed E-state index contributed by atoms with van der Waals surface area (Å²) in [6.07, 6.45) is 3.04. The van der Waals surface area contributed by atoms with Crippen LogP contribution >= 0.6 is 22.9 Å². The number of aromatic nitrogens is 2. The van der Waals surface area contributed by atoms with Gasteiger partial charge in [-0.15, -0.1) is 10.2 Å². The second kappa shape index (κ2) is 5.70. The molecular formula is C15H18ClN3S. The minimum Gasteiger partial charge on any atom is -0.357 e. The lowest BCUT2D eigenvalue weighted by molar-refractivity contribution is 0.639. The third-order valence-corrected chi connectivity index (χ3v) is 4.59. The number of halogens is 1. The Bertz CT molecular complexity index is 609. The van der Waals surface area contributed by atoms with Gasteiger partial charge in [0, 0.05) is 17.5 Å². The molecule has 3 rings (SSSR count). The molecule has 1 aliphatic rings.